The molecule has 3 aromatic carbocycles. The first-order valence-corrected chi connectivity index (χ1v) is 11.8. The number of carbonyl (C=O) groups excluding carboxylic acids is 1. The number of amidine groups is 1. The molecule has 5 nitrogen and oxygen atoms in total. The van der Waals surface area contributed by atoms with Crippen LogP contribution in [0.1, 0.15) is 11.1 Å². The molecule has 1 atom stereocenters. The minimum absolute atomic E-state index is 0.0256. The van der Waals surface area contributed by atoms with E-state index < -0.39 is 6.04 Å². The quantitative estimate of drug-likeness (QED) is 0.667. The van der Waals surface area contributed by atoms with Crippen molar-refractivity contribution in [2.24, 2.45) is 10.7 Å². The van der Waals surface area contributed by atoms with Crippen LogP contribution in [0.4, 0.5) is 5.69 Å². The second kappa shape index (κ2) is 9.18. The van der Waals surface area contributed by atoms with Crippen molar-refractivity contribution in [2.45, 2.75) is 22.3 Å². The predicted molar refractivity (Wildman–Crippen MR) is 129 cm³/mol. The summed E-state index contributed by atoms with van der Waals surface area (Å²) in [5.74, 6) is 1.01. The van der Waals surface area contributed by atoms with Gasteiger partial charge in [0.15, 0.2) is 0 Å². The van der Waals surface area contributed by atoms with E-state index in [0.717, 1.165) is 40.6 Å². The van der Waals surface area contributed by atoms with Crippen molar-refractivity contribution in [2.75, 3.05) is 26.2 Å². The van der Waals surface area contributed by atoms with E-state index in [1.807, 2.05) is 41.3 Å². The summed E-state index contributed by atoms with van der Waals surface area (Å²) in [6, 6.07) is 26.1. The molecular formula is C26H26N4OS. The molecule has 2 aliphatic rings. The third-order valence-electron chi connectivity index (χ3n) is 5.95. The summed E-state index contributed by atoms with van der Waals surface area (Å²) >= 11 is 1.76. The van der Waals surface area contributed by atoms with Crippen LogP contribution in [0.3, 0.4) is 0 Å². The Balaban J connectivity index is 1.31. The maximum absolute atomic E-state index is 13.0. The van der Waals surface area contributed by atoms with Gasteiger partial charge >= 0.3 is 0 Å². The van der Waals surface area contributed by atoms with E-state index in [0.29, 0.717) is 19.5 Å². The van der Waals surface area contributed by atoms with Crippen LogP contribution in [0.5, 0.6) is 0 Å². The Morgan fingerprint density at radius 1 is 0.875 bits per heavy atom. The summed E-state index contributed by atoms with van der Waals surface area (Å²) in [6.07, 6.45) is 0.563. The van der Waals surface area contributed by atoms with Crippen LogP contribution < -0.4 is 5.73 Å². The van der Waals surface area contributed by atoms with Gasteiger partial charge in [-0.3, -0.25) is 4.79 Å². The highest BCUT2D eigenvalue weighted by atomic mass is 32.2. The lowest BCUT2D eigenvalue weighted by molar-refractivity contribution is -0.133. The highest BCUT2D eigenvalue weighted by Gasteiger charge is 2.29. The van der Waals surface area contributed by atoms with Gasteiger partial charge in [0.05, 0.1) is 11.7 Å². The van der Waals surface area contributed by atoms with E-state index in [2.05, 4.69) is 47.4 Å². The van der Waals surface area contributed by atoms with Gasteiger partial charge in [-0.05, 0) is 30.2 Å². The molecule has 1 amide bonds. The van der Waals surface area contributed by atoms with Gasteiger partial charge in [-0.1, -0.05) is 72.4 Å². The number of benzene rings is 3. The van der Waals surface area contributed by atoms with E-state index in [9.17, 15) is 4.79 Å². The molecule has 32 heavy (non-hydrogen) atoms. The van der Waals surface area contributed by atoms with Crippen molar-refractivity contribution >= 4 is 29.2 Å². The van der Waals surface area contributed by atoms with Crippen LogP contribution in [0.2, 0.25) is 0 Å². The van der Waals surface area contributed by atoms with Crippen LogP contribution >= 0.6 is 11.8 Å². The number of carbonyl (C=O) groups is 1. The Morgan fingerprint density at radius 2 is 1.53 bits per heavy atom. The van der Waals surface area contributed by atoms with Gasteiger partial charge < -0.3 is 15.5 Å². The highest BCUT2D eigenvalue weighted by molar-refractivity contribution is 7.99. The molecule has 2 N–H and O–H groups in total. The molecule has 162 valence electrons. The Hall–Kier alpha value is -3.09. The van der Waals surface area contributed by atoms with Crippen molar-refractivity contribution in [3.63, 3.8) is 0 Å². The molecule has 1 saturated heterocycles. The Kier molecular flexibility index (Phi) is 5.97. The number of amides is 1. The van der Waals surface area contributed by atoms with E-state index in [1.165, 1.54) is 4.90 Å². The largest absolute Gasteiger partial charge is 0.353 e. The molecule has 2 aliphatic heterocycles. The number of nitrogens with two attached hydrogens (primary N) is 1. The van der Waals surface area contributed by atoms with Crippen LogP contribution in [0.25, 0.3) is 0 Å². The number of fused-ring (bicyclic) bond motifs is 2. The van der Waals surface area contributed by atoms with Crippen molar-refractivity contribution in [1.29, 1.82) is 0 Å². The summed E-state index contributed by atoms with van der Waals surface area (Å²) in [5.41, 5.74) is 9.49. The Bertz CT molecular complexity index is 1140. The zero-order chi connectivity index (χ0) is 21.9. The van der Waals surface area contributed by atoms with Gasteiger partial charge in [0.2, 0.25) is 5.91 Å². The first-order chi connectivity index (χ1) is 15.7. The second-order valence-electron chi connectivity index (χ2n) is 8.11. The molecule has 5 rings (SSSR count). The first-order valence-electron chi connectivity index (χ1n) is 11.0. The minimum atomic E-state index is -0.511. The molecule has 0 aromatic heterocycles. The summed E-state index contributed by atoms with van der Waals surface area (Å²) in [4.78, 5) is 24.6. The van der Waals surface area contributed by atoms with Crippen LogP contribution in [0, 0.1) is 0 Å². The number of aliphatic imine (C=N–C) groups is 1. The molecule has 0 saturated carbocycles. The van der Waals surface area contributed by atoms with Crippen molar-refractivity contribution in [3.8, 4) is 0 Å². The van der Waals surface area contributed by atoms with Gasteiger partial charge in [-0.15, -0.1) is 0 Å². The standard InChI is InChI=1S/C26H26N4OS/c27-21(18-19-8-2-1-3-9-19)26(31)30-16-14-29(15-17-30)25-20-10-4-6-12-23(20)32-24-13-7-5-11-22(24)28-25/h1-13,21H,14-18,27H2. The van der Waals surface area contributed by atoms with Gasteiger partial charge in [0.1, 0.15) is 5.84 Å². The van der Waals surface area contributed by atoms with E-state index in [4.69, 9.17) is 10.7 Å². The molecule has 1 fully saturated rings. The normalized spacial score (nSPS) is 16.5. The molecule has 0 spiro atoms. The number of hydrogen-bond donors (Lipinski definition) is 1. The molecule has 0 radical (unpaired) electrons. The second-order valence-corrected chi connectivity index (χ2v) is 9.19. The van der Waals surface area contributed by atoms with E-state index in [-0.39, 0.29) is 5.91 Å². The number of para-hydroxylation sites is 1. The number of hydrogen-bond acceptors (Lipinski definition) is 5. The fourth-order valence-electron chi connectivity index (χ4n) is 4.24. The molecular weight excluding hydrogens is 416 g/mol. The maximum Gasteiger partial charge on any atom is 0.239 e. The van der Waals surface area contributed by atoms with Gasteiger partial charge in [-0.2, -0.15) is 0 Å². The average molecular weight is 443 g/mol. The SMILES string of the molecule is NC(Cc1ccccc1)C(=O)N1CCN(C2=Nc3ccccc3Sc3ccccc32)CC1. The zero-order valence-electron chi connectivity index (χ0n) is 17.9. The lowest BCUT2D eigenvalue weighted by atomic mass is 10.1. The van der Waals surface area contributed by atoms with Gasteiger partial charge in [0, 0.05) is 41.5 Å². The minimum Gasteiger partial charge on any atom is -0.353 e. The van der Waals surface area contributed by atoms with Crippen LogP contribution in [-0.2, 0) is 11.2 Å². The monoisotopic (exact) mass is 442 g/mol. The molecule has 2 heterocycles. The van der Waals surface area contributed by atoms with Crippen LogP contribution in [0.15, 0.2) is 93.6 Å². The molecule has 3 aromatic rings. The van der Waals surface area contributed by atoms with E-state index >= 15 is 0 Å². The summed E-state index contributed by atoms with van der Waals surface area (Å²) in [6.45, 7) is 2.78. The van der Waals surface area contributed by atoms with Gasteiger partial charge in [-0.25, -0.2) is 4.99 Å². The number of nitrogens with zero attached hydrogens (tertiary/aromatic N) is 3. The lowest BCUT2D eigenvalue weighted by Crippen LogP contribution is -2.54. The first kappa shape index (κ1) is 20.8. The summed E-state index contributed by atoms with van der Waals surface area (Å²) in [5, 5.41) is 0. The summed E-state index contributed by atoms with van der Waals surface area (Å²) in [7, 11) is 0. The number of rotatable bonds is 3. The summed E-state index contributed by atoms with van der Waals surface area (Å²) < 4.78 is 0. The van der Waals surface area contributed by atoms with Gasteiger partial charge in [0.25, 0.3) is 0 Å². The van der Waals surface area contributed by atoms with Crippen molar-refractivity contribution in [1.82, 2.24) is 9.80 Å². The third kappa shape index (κ3) is 4.29. The molecule has 1 unspecified atom stereocenters. The van der Waals surface area contributed by atoms with Crippen molar-refractivity contribution < 1.29 is 4.79 Å². The lowest BCUT2D eigenvalue weighted by Gasteiger charge is -2.37. The maximum atomic E-state index is 13.0. The zero-order valence-corrected chi connectivity index (χ0v) is 18.7. The fourth-order valence-corrected chi connectivity index (χ4v) is 5.26. The van der Waals surface area contributed by atoms with Crippen molar-refractivity contribution in [3.05, 3.63) is 90.0 Å². The van der Waals surface area contributed by atoms with E-state index in [1.54, 1.807) is 11.8 Å². The third-order valence-corrected chi connectivity index (χ3v) is 7.09. The fraction of sp³-hybridized carbons (Fsp3) is 0.231. The Labute approximate surface area is 192 Å². The molecule has 0 aliphatic carbocycles. The predicted octanol–water partition coefficient (Wildman–Crippen LogP) is 3.94. The number of piperazine rings is 1. The molecule has 6 heteroatoms. The highest BCUT2D eigenvalue weighted by Crippen LogP contribution is 2.40. The topological polar surface area (TPSA) is 61.9 Å². The smallest absolute Gasteiger partial charge is 0.239 e. The Morgan fingerprint density at radius 3 is 2.31 bits per heavy atom. The van der Waals surface area contributed by atoms with Crippen LogP contribution in [-0.4, -0.2) is 53.8 Å². The molecule has 0 bridgehead atoms. The average Bonchev–Trinajstić information content (AvgIpc) is 3.01.